The van der Waals surface area contributed by atoms with Crippen LogP contribution in [0.3, 0.4) is 0 Å². The Morgan fingerprint density at radius 2 is 1.62 bits per heavy atom. The second-order valence-electron chi connectivity index (χ2n) is 6.50. The number of benzene rings is 1. The Labute approximate surface area is 126 Å². The van der Waals surface area contributed by atoms with E-state index < -0.39 is 10.0 Å². The van der Waals surface area contributed by atoms with Crippen molar-refractivity contribution in [1.82, 2.24) is 0 Å². The molecule has 0 atom stereocenters. The zero-order valence-corrected chi connectivity index (χ0v) is 13.0. The van der Waals surface area contributed by atoms with Crippen molar-refractivity contribution in [3.8, 4) is 0 Å². The quantitative estimate of drug-likeness (QED) is 0.818. The van der Waals surface area contributed by atoms with Crippen molar-refractivity contribution in [3.05, 3.63) is 18.2 Å². The summed E-state index contributed by atoms with van der Waals surface area (Å²) in [5, 5.41) is 5.22. The summed E-state index contributed by atoms with van der Waals surface area (Å²) in [6.45, 7) is 1.93. The molecular weight excluding hydrogens is 286 g/mol. The molecule has 2 aliphatic rings. The molecular formula is C15H23N3O2S. The van der Waals surface area contributed by atoms with Gasteiger partial charge in [0.1, 0.15) is 0 Å². The van der Waals surface area contributed by atoms with Gasteiger partial charge >= 0.3 is 0 Å². The molecule has 0 radical (unpaired) electrons. The molecule has 5 nitrogen and oxygen atoms in total. The van der Waals surface area contributed by atoms with Crippen molar-refractivity contribution in [2.75, 3.05) is 23.7 Å². The molecule has 1 spiro atoms. The van der Waals surface area contributed by atoms with Gasteiger partial charge in [-0.15, -0.1) is 0 Å². The summed E-state index contributed by atoms with van der Waals surface area (Å²) in [5.74, 6) is 0. The van der Waals surface area contributed by atoms with E-state index in [2.05, 4.69) is 4.90 Å². The van der Waals surface area contributed by atoms with Crippen LogP contribution in [-0.2, 0) is 10.0 Å². The molecule has 4 N–H and O–H groups in total. The highest BCUT2D eigenvalue weighted by Crippen LogP contribution is 2.46. The molecule has 0 amide bonds. The van der Waals surface area contributed by atoms with Gasteiger partial charge in [0.25, 0.3) is 0 Å². The van der Waals surface area contributed by atoms with Gasteiger partial charge in [0, 0.05) is 24.5 Å². The summed E-state index contributed by atoms with van der Waals surface area (Å²) in [6, 6.07) is 4.89. The van der Waals surface area contributed by atoms with Gasteiger partial charge in [-0.2, -0.15) is 0 Å². The third-order valence-corrected chi connectivity index (χ3v) is 5.99. The second-order valence-corrected chi connectivity index (χ2v) is 8.06. The summed E-state index contributed by atoms with van der Waals surface area (Å²) in [4.78, 5) is 2.33. The van der Waals surface area contributed by atoms with E-state index in [4.69, 9.17) is 10.9 Å². The van der Waals surface area contributed by atoms with Gasteiger partial charge in [-0.1, -0.05) is 12.8 Å². The number of nitrogens with two attached hydrogens (primary N) is 2. The van der Waals surface area contributed by atoms with E-state index in [1.54, 1.807) is 6.07 Å². The molecule has 1 aromatic carbocycles. The van der Waals surface area contributed by atoms with Crippen molar-refractivity contribution in [1.29, 1.82) is 0 Å². The Bertz CT molecular complexity index is 626. The summed E-state index contributed by atoms with van der Waals surface area (Å²) < 4.78 is 23.1. The number of nitrogens with zero attached hydrogens (tertiary/aromatic N) is 1. The number of anilines is 2. The fraction of sp³-hybridized carbons (Fsp3) is 0.600. The average molecular weight is 309 g/mol. The van der Waals surface area contributed by atoms with E-state index in [0.29, 0.717) is 11.1 Å². The molecule has 0 aromatic heterocycles. The minimum atomic E-state index is -3.72. The van der Waals surface area contributed by atoms with E-state index in [1.165, 1.54) is 44.6 Å². The molecule has 1 heterocycles. The maximum Gasteiger partial charge on any atom is 0.238 e. The van der Waals surface area contributed by atoms with Gasteiger partial charge in [0.05, 0.1) is 4.90 Å². The second kappa shape index (κ2) is 5.18. The Morgan fingerprint density at radius 3 is 2.19 bits per heavy atom. The number of hydrogen-bond donors (Lipinski definition) is 2. The number of primary sulfonamides is 1. The monoisotopic (exact) mass is 309 g/mol. The van der Waals surface area contributed by atoms with Gasteiger partial charge in [-0.3, -0.25) is 0 Å². The van der Waals surface area contributed by atoms with E-state index in [1.807, 2.05) is 6.07 Å². The van der Waals surface area contributed by atoms with Gasteiger partial charge in [-0.25, -0.2) is 13.6 Å². The predicted molar refractivity (Wildman–Crippen MR) is 84.6 cm³/mol. The molecule has 1 aliphatic heterocycles. The lowest BCUT2D eigenvalue weighted by Gasteiger charge is -2.40. The zero-order valence-electron chi connectivity index (χ0n) is 12.2. The highest BCUT2D eigenvalue weighted by atomic mass is 32.2. The van der Waals surface area contributed by atoms with E-state index in [-0.39, 0.29) is 4.90 Å². The lowest BCUT2D eigenvalue weighted by molar-refractivity contribution is 0.226. The minimum absolute atomic E-state index is 0.0960. The summed E-state index contributed by atoms with van der Waals surface area (Å²) in [7, 11) is -3.72. The SMILES string of the molecule is Nc1cc(N2CCC3(CCCC3)CC2)cc(S(N)(=O)=O)c1. The fourth-order valence-corrected chi connectivity index (χ4v) is 4.40. The van der Waals surface area contributed by atoms with Crippen LogP contribution in [0.4, 0.5) is 11.4 Å². The van der Waals surface area contributed by atoms with Gasteiger partial charge in [-0.05, 0) is 49.3 Å². The highest BCUT2D eigenvalue weighted by molar-refractivity contribution is 7.89. The third kappa shape index (κ3) is 3.01. The smallest absolute Gasteiger partial charge is 0.238 e. The Morgan fingerprint density at radius 1 is 1.00 bits per heavy atom. The summed E-state index contributed by atoms with van der Waals surface area (Å²) >= 11 is 0. The number of nitrogen functional groups attached to an aromatic ring is 1. The van der Waals surface area contributed by atoms with Crippen molar-refractivity contribution in [2.24, 2.45) is 10.6 Å². The Hall–Kier alpha value is -1.27. The van der Waals surface area contributed by atoms with Crippen molar-refractivity contribution in [3.63, 3.8) is 0 Å². The van der Waals surface area contributed by atoms with Crippen LogP contribution >= 0.6 is 0 Å². The molecule has 1 saturated carbocycles. The largest absolute Gasteiger partial charge is 0.399 e. The van der Waals surface area contributed by atoms with Crippen LogP contribution < -0.4 is 15.8 Å². The highest BCUT2D eigenvalue weighted by Gasteiger charge is 2.37. The number of piperidine rings is 1. The van der Waals surface area contributed by atoms with Crippen LogP contribution in [0.25, 0.3) is 0 Å². The molecule has 2 fully saturated rings. The fourth-order valence-electron chi connectivity index (χ4n) is 3.82. The van der Waals surface area contributed by atoms with Crippen LogP contribution in [0, 0.1) is 5.41 Å². The molecule has 0 bridgehead atoms. The molecule has 116 valence electrons. The first-order chi connectivity index (χ1) is 9.88. The van der Waals surface area contributed by atoms with Gasteiger partial charge < -0.3 is 10.6 Å². The first kappa shape index (κ1) is 14.7. The van der Waals surface area contributed by atoms with Crippen molar-refractivity contribution in [2.45, 2.75) is 43.4 Å². The molecule has 21 heavy (non-hydrogen) atoms. The van der Waals surface area contributed by atoms with Crippen LogP contribution in [-0.4, -0.2) is 21.5 Å². The van der Waals surface area contributed by atoms with Crippen LogP contribution in [0.1, 0.15) is 38.5 Å². The van der Waals surface area contributed by atoms with E-state index in [9.17, 15) is 8.42 Å². The first-order valence-corrected chi connectivity index (χ1v) is 9.11. The lowest BCUT2D eigenvalue weighted by Crippen LogP contribution is -2.39. The van der Waals surface area contributed by atoms with Crippen LogP contribution in [0.2, 0.25) is 0 Å². The van der Waals surface area contributed by atoms with Crippen LogP contribution in [0.15, 0.2) is 23.1 Å². The maximum atomic E-state index is 11.5. The average Bonchev–Trinajstić information content (AvgIpc) is 2.86. The van der Waals surface area contributed by atoms with Crippen molar-refractivity contribution >= 4 is 21.4 Å². The minimum Gasteiger partial charge on any atom is -0.399 e. The van der Waals surface area contributed by atoms with Gasteiger partial charge in [0.15, 0.2) is 0 Å². The number of rotatable bonds is 2. The standard InChI is InChI=1S/C15H23N3O2S/c16-12-9-13(11-14(10-12)21(17,19)20)18-7-5-15(6-8-18)3-1-2-4-15/h9-11H,1-8,16H2,(H2,17,19,20). The molecule has 1 aromatic rings. The first-order valence-electron chi connectivity index (χ1n) is 7.56. The van der Waals surface area contributed by atoms with Crippen LogP contribution in [0.5, 0.6) is 0 Å². The molecule has 0 unspecified atom stereocenters. The number of sulfonamides is 1. The normalized spacial score (nSPS) is 21.9. The third-order valence-electron chi connectivity index (χ3n) is 5.10. The molecule has 3 rings (SSSR count). The Balaban J connectivity index is 1.80. The predicted octanol–water partition coefficient (Wildman–Crippen LogP) is 2.08. The molecule has 1 aliphatic carbocycles. The van der Waals surface area contributed by atoms with E-state index in [0.717, 1.165) is 18.8 Å². The lowest BCUT2D eigenvalue weighted by atomic mass is 9.77. The molecule has 6 heteroatoms. The van der Waals surface area contributed by atoms with E-state index >= 15 is 0 Å². The zero-order chi connectivity index (χ0) is 15.1. The topological polar surface area (TPSA) is 89.4 Å². The Kier molecular flexibility index (Phi) is 3.61. The number of hydrogen-bond acceptors (Lipinski definition) is 4. The maximum absolute atomic E-state index is 11.5. The summed E-state index contributed by atoms with van der Waals surface area (Å²) in [5.41, 5.74) is 7.68. The van der Waals surface area contributed by atoms with Gasteiger partial charge in [0.2, 0.25) is 10.0 Å². The molecule has 1 saturated heterocycles. The van der Waals surface area contributed by atoms with Crippen molar-refractivity contribution < 1.29 is 8.42 Å². The summed E-state index contributed by atoms with van der Waals surface area (Å²) in [6.07, 6.45) is 7.78.